The lowest BCUT2D eigenvalue weighted by molar-refractivity contribution is 0.0670. The fourth-order valence-corrected chi connectivity index (χ4v) is 3.06. The summed E-state index contributed by atoms with van der Waals surface area (Å²) in [5.41, 5.74) is 0.567. The van der Waals surface area contributed by atoms with E-state index in [0.717, 1.165) is 24.3 Å². The molecule has 22 heavy (non-hydrogen) atoms. The first-order valence-corrected chi connectivity index (χ1v) is 8.35. The van der Waals surface area contributed by atoms with Crippen LogP contribution in [0.15, 0.2) is 41.8 Å². The van der Waals surface area contributed by atoms with E-state index < -0.39 is 0 Å². The summed E-state index contributed by atoms with van der Waals surface area (Å²) in [6.45, 7) is 1.84. The maximum absolute atomic E-state index is 12.3. The number of para-hydroxylation sites is 1. The van der Waals surface area contributed by atoms with Gasteiger partial charge in [-0.05, 0) is 36.4 Å². The van der Waals surface area contributed by atoms with Gasteiger partial charge in [0.2, 0.25) is 0 Å². The Labute approximate surface area is 134 Å². The Bertz CT molecular complexity index is 606. The van der Waals surface area contributed by atoms with E-state index in [1.54, 1.807) is 17.4 Å². The summed E-state index contributed by atoms with van der Waals surface area (Å²) in [4.78, 5) is 13.5. The van der Waals surface area contributed by atoms with Crippen molar-refractivity contribution in [1.29, 1.82) is 0 Å². The van der Waals surface area contributed by atoms with Crippen LogP contribution in [0.25, 0.3) is 0 Å². The summed E-state index contributed by atoms with van der Waals surface area (Å²) >= 11 is 1.63. The fourth-order valence-electron chi connectivity index (χ4n) is 2.41. The van der Waals surface area contributed by atoms with Crippen LogP contribution in [-0.4, -0.2) is 25.2 Å². The number of ether oxygens (including phenoxy) is 2. The molecule has 2 heterocycles. The Morgan fingerprint density at radius 2 is 2.23 bits per heavy atom. The molecule has 1 N–H and O–H groups in total. The largest absolute Gasteiger partial charge is 0.490 e. The molecule has 3 rings (SSSR count). The third-order valence-corrected chi connectivity index (χ3v) is 4.46. The summed E-state index contributed by atoms with van der Waals surface area (Å²) in [5, 5.41) is 4.93. The van der Waals surface area contributed by atoms with E-state index in [4.69, 9.17) is 9.47 Å². The van der Waals surface area contributed by atoms with Crippen LogP contribution in [0.3, 0.4) is 0 Å². The highest BCUT2D eigenvalue weighted by molar-refractivity contribution is 7.09. The average molecular weight is 317 g/mol. The molecule has 1 fully saturated rings. The second-order valence-corrected chi connectivity index (χ2v) is 6.24. The molecule has 0 radical (unpaired) electrons. The first-order valence-electron chi connectivity index (χ1n) is 7.47. The van der Waals surface area contributed by atoms with E-state index in [1.807, 2.05) is 35.7 Å². The maximum atomic E-state index is 12.3. The fraction of sp³-hybridized carbons (Fsp3) is 0.353. The number of carbonyl (C=O) groups excluding carboxylic acids is 1. The number of hydrogen-bond acceptors (Lipinski definition) is 4. The molecule has 1 aliphatic rings. The number of benzene rings is 1. The van der Waals surface area contributed by atoms with Crippen LogP contribution in [0.4, 0.5) is 0 Å². The Balaban J connectivity index is 1.60. The molecule has 5 heteroatoms. The molecule has 1 saturated heterocycles. The zero-order chi connectivity index (χ0) is 15.2. The van der Waals surface area contributed by atoms with Crippen molar-refractivity contribution in [1.82, 2.24) is 5.32 Å². The van der Waals surface area contributed by atoms with E-state index >= 15 is 0 Å². The molecular formula is C17H19NO3S. The van der Waals surface area contributed by atoms with Gasteiger partial charge in [-0.15, -0.1) is 11.3 Å². The molecule has 1 aromatic carbocycles. The number of nitrogens with one attached hydrogen (secondary N) is 1. The van der Waals surface area contributed by atoms with Gasteiger partial charge in [-0.2, -0.15) is 0 Å². The number of thiophene rings is 1. The highest BCUT2D eigenvalue weighted by Gasteiger charge is 2.18. The quantitative estimate of drug-likeness (QED) is 0.890. The standard InChI is InChI=1S/C17H19NO3S/c19-17(18-11-14-6-4-10-22-14)15-7-1-2-8-16(15)21-12-13-5-3-9-20-13/h1-2,4,6-8,10,13H,3,5,9,11-12H2,(H,18,19). The smallest absolute Gasteiger partial charge is 0.255 e. The summed E-state index contributed by atoms with van der Waals surface area (Å²) in [6, 6.07) is 11.3. The summed E-state index contributed by atoms with van der Waals surface area (Å²) in [6.07, 6.45) is 2.24. The second-order valence-electron chi connectivity index (χ2n) is 5.20. The summed E-state index contributed by atoms with van der Waals surface area (Å²) < 4.78 is 11.3. The Kier molecular flexibility index (Phi) is 5.08. The van der Waals surface area contributed by atoms with Crippen molar-refractivity contribution in [2.75, 3.05) is 13.2 Å². The van der Waals surface area contributed by atoms with E-state index in [-0.39, 0.29) is 12.0 Å². The normalized spacial score (nSPS) is 17.4. The molecule has 1 atom stereocenters. The third kappa shape index (κ3) is 3.87. The predicted octanol–water partition coefficient (Wildman–Crippen LogP) is 3.24. The summed E-state index contributed by atoms with van der Waals surface area (Å²) in [5.74, 6) is 0.498. The first-order chi connectivity index (χ1) is 10.8. The lowest BCUT2D eigenvalue weighted by Gasteiger charge is -2.14. The van der Waals surface area contributed by atoms with E-state index in [9.17, 15) is 4.79 Å². The van der Waals surface area contributed by atoms with Crippen LogP contribution in [0.1, 0.15) is 28.1 Å². The lowest BCUT2D eigenvalue weighted by Crippen LogP contribution is -2.24. The SMILES string of the molecule is O=C(NCc1cccs1)c1ccccc1OCC1CCCO1. The van der Waals surface area contributed by atoms with Crippen LogP contribution in [0.2, 0.25) is 0 Å². The Morgan fingerprint density at radius 3 is 3.00 bits per heavy atom. The van der Waals surface area contributed by atoms with Crippen molar-refractivity contribution in [3.63, 3.8) is 0 Å². The van der Waals surface area contributed by atoms with Gasteiger partial charge >= 0.3 is 0 Å². The minimum atomic E-state index is -0.114. The van der Waals surface area contributed by atoms with Crippen molar-refractivity contribution >= 4 is 17.2 Å². The maximum Gasteiger partial charge on any atom is 0.255 e. The molecule has 1 aliphatic heterocycles. The van der Waals surface area contributed by atoms with Crippen LogP contribution < -0.4 is 10.1 Å². The van der Waals surface area contributed by atoms with Gasteiger partial charge in [0, 0.05) is 11.5 Å². The molecule has 2 aromatic rings. The summed E-state index contributed by atoms with van der Waals surface area (Å²) in [7, 11) is 0. The zero-order valence-electron chi connectivity index (χ0n) is 12.3. The van der Waals surface area contributed by atoms with E-state index in [0.29, 0.717) is 24.5 Å². The van der Waals surface area contributed by atoms with Gasteiger partial charge in [0.25, 0.3) is 5.91 Å². The van der Waals surface area contributed by atoms with Crippen LogP contribution in [0, 0.1) is 0 Å². The average Bonchev–Trinajstić information content (AvgIpc) is 3.24. The van der Waals surface area contributed by atoms with Gasteiger partial charge in [0.05, 0.1) is 18.2 Å². The van der Waals surface area contributed by atoms with Gasteiger partial charge in [0.1, 0.15) is 12.4 Å². The molecule has 1 unspecified atom stereocenters. The lowest BCUT2D eigenvalue weighted by atomic mass is 10.2. The highest BCUT2D eigenvalue weighted by Crippen LogP contribution is 2.20. The molecule has 1 amide bonds. The molecule has 0 saturated carbocycles. The number of rotatable bonds is 6. The van der Waals surface area contributed by atoms with E-state index in [2.05, 4.69) is 5.32 Å². The Hall–Kier alpha value is -1.85. The van der Waals surface area contributed by atoms with Crippen molar-refractivity contribution in [2.45, 2.75) is 25.5 Å². The number of amides is 1. The van der Waals surface area contributed by atoms with Crippen molar-refractivity contribution in [3.05, 3.63) is 52.2 Å². The highest BCUT2D eigenvalue weighted by atomic mass is 32.1. The molecule has 0 bridgehead atoms. The number of carbonyl (C=O) groups is 1. The predicted molar refractivity (Wildman–Crippen MR) is 86.4 cm³/mol. The van der Waals surface area contributed by atoms with E-state index in [1.165, 1.54) is 0 Å². The van der Waals surface area contributed by atoms with Gasteiger partial charge in [-0.25, -0.2) is 0 Å². The van der Waals surface area contributed by atoms with Crippen LogP contribution in [0.5, 0.6) is 5.75 Å². The second kappa shape index (κ2) is 7.42. The van der Waals surface area contributed by atoms with Crippen molar-refractivity contribution in [3.8, 4) is 5.75 Å². The zero-order valence-corrected chi connectivity index (χ0v) is 13.1. The molecule has 0 spiro atoms. The first kappa shape index (κ1) is 15.1. The molecule has 116 valence electrons. The topological polar surface area (TPSA) is 47.6 Å². The monoisotopic (exact) mass is 317 g/mol. The van der Waals surface area contributed by atoms with Crippen LogP contribution >= 0.6 is 11.3 Å². The van der Waals surface area contributed by atoms with Crippen molar-refractivity contribution in [2.24, 2.45) is 0 Å². The van der Waals surface area contributed by atoms with Gasteiger partial charge < -0.3 is 14.8 Å². The van der Waals surface area contributed by atoms with Gasteiger partial charge in [-0.3, -0.25) is 4.79 Å². The minimum Gasteiger partial charge on any atom is -0.490 e. The van der Waals surface area contributed by atoms with Crippen molar-refractivity contribution < 1.29 is 14.3 Å². The molecule has 0 aliphatic carbocycles. The van der Waals surface area contributed by atoms with Gasteiger partial charge in [0.15, 0.2) is 0 Å². The molecular weight excluding hydrogens is 298 g/mol. The van der Waals surface area contributed by atoms with Crippen LogP contribution in [-0.2, 0) is 11.3 Å². The Morgan fingerprint density at radius 1 is 1.32 bits per heavy atom. The molecule has 1 aromatic heterocycles. The molecule has 4 nitrogen and oxygen atoms in total. The third-order valence-electron chi connectivity index (χ3n) is 3.58. The number of hydrogen-bond donors (Lipinski definition) is 1. The van der Waals surface area contributed by atoms with Gasteiger partial charge in [-0.1, -0.05) is 18.2 Å². The minimum absolute atomic E-state index is 0.114.